The Morgan fingerprint density at radius 1 is 0.905 bits per heavy atom. The SMILES string of the molecule is Cc1ccc(C2=CCCC(Cl)=C2c2cccc(Cl)c2)cc1. The summed E-state index contributed by atoms with van der Waals surface area (Å²) in [5.41, 5.74) is 5.85. The molecular weight excluding hydrogens is 299 g/mol. The lowest BCUT2D eigenvalue weighted by molar-refractivity contribution is 1.03. The van der Waals surface area contributed by atoms with Gasteiger partial charge in [-0.25, -0.2) is 0 Å². The molecule has 0 saturated heterocycles. The van der Waals surface area contributed by atoms with Crippen molar-refractivity contribution in [2.75, 3.05) is 0 Å². The molecule has 0 radical (unpaired) electrons. The Morgan fingerprint density at radius 2 is 1.67 bits per heavy atom. The minimum absolute atomic E-state index is 0.735. The van der Waals surface area contributed by atoms with Crippen LogP contribution in [0.25, 0.3) is 11.1 Å². The van der Waals surface area contributed by atoms with Gasteiger partial charge in [-0.1, -0.05) is 71.2 Å². The molecule has 2 heteroatoms. The zero-order valence-electron chi connectivity index (χ0n) is 11.9. The maximum atomic E-state index is 6.54. The normalized spacial score (nSPS) is 15.1. The highest BCUT2D eigenvalue weighted by atomic mass is 35.5. The molecule has 0 N–H and O–H groups in total. The van der Waals surface area contributed by atoms with Crippen molar-refractivity contribution >= 4 is 34.3 Å². The van der Waals surface area contributed by atoms with Gasteiger partial charge in [0, 0.05) is 15.6 Å². The number of benzene rings is 2. The van der Waals surface area contributed by atoms with Gasteiger partial charge in [0.05, 0.1) is 0 Å². The third kappa shape index (κ3) is 3.07. The molecule has 0 aromatic heterocycles. The van der Waals surface area contributed by atoms with E-state index in [0.29, 0.717) is 0 Å². The summed E-state index contributed by atoms with van der Waals surface area (Å²) >= 11 is 12.7. The van der Waals surface area contributed by atoms with Crippen LogP contribution >= 0.6 is 23.2 Å². The van der Waals surface area contributed by atoms with Crippen molar-refractivity contribution < 1.29 is 0 Å². The Kier molecular flexibility index (Phi) is 4.19. The Bertz CT molecular complexity index is 721. The molecule has 2 aromatic carbocycles. The van der Waals surface area contributed by atoms with Gasteiger partial charge in [-0.3, -0.25) is 0 Å². The summed E-state index contributed by atoms with van der Waals surface area (Å²) in [5.74, 6) is 0. The van der Waals surface area contributed by atoms with E-state index in [2.05, 4.69) is 43.3 Å². The van der Waals surface area contributed by atoms with E-state index in [-0.39, 0.29) is 0 Å². The zero-order chi connectivity index (χ0) is 14.8. The van der Waals surface area contributed by atoms with E-state index in [4.69, 9.17) is 23.2 Å². The molecule has 0 amide bonds. The maximum Gasteiger partial charge on any atom is 0.0412 e. The zero-order valence-corrected chi connectivity index (χ0v) is 13.4. The molecule has 0 bridgehead atoms. The van der Waals surface area contributed by atoms with Crippen LogP contribution in [0, 0.1) is 6.92 Å². The van der Waals surface area contributed by atoms with Gasteiger partial charge in [0.1, 0.15) is 0 Å². The summed E-state index contributed by atoms with van der Waals surface area (Å²) in [4.78, 5) is 0. The molecule has 1 aliphatic rings. The van der Waals surface area contributed by atoms with Gasteiger partial charge in [0.2, 0.25) is 0 Å². The Hall–Kier alpha value is -1.50. The van der Waals surface area contributed by atoms with E-state index in [1.165, 1.54) is 16.7 Å². The van der Waals surface area contributed by atoms with Crippen LogP contribution in [0.4, 0.5) is 0 Å². The van der Waals surface area contributed by atoms with Crippen molar-refractivity contribution in [1.82, 2.24) is 0 Å². The lowest BCUT2D eigenvalue weighted by atomic mass is 9.87. The molecule has 0 saturated carbocycles. The van der Waals surface area contributed by atoms with E-state index in [0.717, 1.165) is 34.0 Å². The summed E-state index contributed by atoms with van der Waals surface area (Å²) in [7, 11) is 0. The second-order valence-corrected chi connectivity index (χ2v) is 6.21. The van der Waals surface area contributed by atoms with Crippen molar-refractivity contribution in [2.45, 2.75) is 19.8 Å². The summed E-state index contributed by atoms with van der Waals surface area (Å²) < 4.78 is 0. The molecule has 0 aliphatic heterocycles. The molecular formula is C19H16Cl2. The first-order chi connectivity index (χ1) is 10.1. The van der Waals surface area contributed by atoms with Gasteiger partial charge >= 0.3 is 0 Å². The van der Waals surface area contributed by atoms with Crippen LogP contribution in [-0.4, -0.2) is 0 Å². The monoisotopic (exact) mass is 314 g/mol. The fraction of sp³-hybridized carbons (Fsp3) is 0.158. The van der Waals surface area contributed by atoms with Crippen molar-refractivity contribution in [3.8, 4) is 0 Å². The van der Waals surface area contributed by atoms with E-state index < -0.39 is 0 Å². The first kappa shape index (κ1) is 14.4. The summed E-state index contributed by atoms with van der Waals surface area (Å²) in [6.45, 7) is 2.10. The largest absolute Gasteiger partial charge is 0.0884 e. The predicted molar refractivity (Wildman–Crippen MR) is 92.6 cm³/mol. The molecule has 2 aromatic rings. The summed E-state index contributed by atoms with van der Waals surface area (Å²) in [5, 5.41) is 1.65. The molecule has 0 heterocycles. The fourth-order valence-electron chi connectivity index (χ4n) is 2.67. The topological polar surface area (TPSA) is 0 Å². The summed E-state index contributed by atoms with van der Waals surface area (Å²) in [6.07, 6.45) is 4.14. The highest BCUT2D eigenvalue weighted by Gasteiger charge is 2.18. The Labute approximate surface area is 135 Å². The number of rotatable bonds is 2. The highest BCUT2D eigenvalue weighted by Crippen LogP contribution is 2.41. The van der Waals surface area contributed by atoms with Gasteiger partial charge < -0.3 is 0 Å². The first-order valence-corrected chi connectivity index (χ1v) is 7.83. The third-order valence-corrected chi connectivity index (χ3v) is 4.34. The van der Waals surface area contributed by atoms with Gasteiger partial charge in [0.15, 0.2) is 0 Å². The molecule has 21 heavy (non-hydrogen) atoms. The maximum absolute atomic E-state index is 6.54. The highest BCUT2D eigenvalue weighted by molar-refractivity contribution is 6.36. The van der Waals surface area contributed by atoms with Crippen LogP contribution in [0.15, 0.2) is 59.6 Å². The Morgan fingerprint density at radius 3 is 2.38 bits per heavy atom. The van der Waals surface area contributed by atoms with Crippen LogP contribution in [0.3, 0.4) is 0 Å². The van der Waals surface area contributed by atoms with Gasteiger partial charge in [-0.2, -0.15) is 0 Å². The van der Waals surface area contributed by atoms with E-state index in [9.17, 15) is 0 Å². The van der Waals surface area contributed by atoms with Crippen molar-refractivity contribution in [3.05, 3.63) is 81.4 Å². The van der Waals surface area contributed by atoms with E-state index >= 15 is 0 Å². The quantitative estimate of drug-likeness (QED) is 0.595. The minimum Gasteiger partial charge on any atom is -0.0884 e. The standard InChI is InChI=1S/C19H16Cl2/c1-13-8-10-14(11-9-13)17-6-3-7-18(21)19(17)15-4-2-5-16(20)12-15/h2,4-6,8-12H,3,7H2,1H3. The van der Waals surface area contributed by atoms with Crippen LogP contribution in [-0.2, 0) is 0 Å². The number of aryl methyl sites for hydroxylation is 1. The van der Waals surface area contributed by atoms with Crippen LogP contribution in [0.1, 0.15) is 29.5 Å². The van der Waals surface area contributed by atoms with Crippen molar-refractivity contribution in [3.63, 3.8) is 0 Å². The average Bonchev–Trinajstić information content (AvgIpc) is 2.48. The molecule has 3 rings (SSSR count). The molecule has 0 nitrogen and oxygen atoms in total. The van der Waals surface area contributed by atoms with Crippen molar-refractivity contribution in [1.29, 1.82) is 0 Å². The average molecular weight is 315 g/mol. The fourth-order valence-corrected chi connectivity index (χ4v) is 3.18. The van der Waals surface area contributed by atoms with E-state index in [1.54, 1.807) is 0 Å². The molecule has 0 spiro atoms. The number of hydrogen-bond donors (Lipinski definition) is 0. The second-order valence-electron chi connectivity index (χ2n) is 5.31. The smallest absolute Gasteiger partial charge is 0.0412 e. The van der Waals surface area contributed by atoms with Crippen LogP contribution in [0.5, 0.6) is 0 Å². The lowest BCUT2D eigenvalue weighted by Gasteiger charge is -2.20. The Balaban J connectivity index is 2.11. The van der Waals surface area contributed by atoms with Gasteiger partial charge in [0.25, 0.3) is 0 Å². The lowest BCUT2D eigenvalue weighted by Crippen LogP contribution is -1.98. The second kappa shape index (κ2) is 6.09. The number of hydrogen-bond acceptors (Lipinski definition) is 0. The van der Waals surface area contributed by atoms with E-state index in [1.807, 2.05) is 18.2 Å². The number of allylic oxidation sites excluding steroid dienone is 4. The first-order valence-electron chi connectivity index (χ1n) is 7.07. The van der Waals surface area contributed by atoms with Crippen LogP contribution in [0.2, 0.25) is 5.02 Å². The summed E-state index contributed by atoms with van der Waals surface area (Å²) in [6, 6.07) is 16.5. The van der Waals surface area contributed by atoms with Gasteiger partial charge in [-0.05, 0) is 48.6 Å². The third-order valence-electron chi connectivity index (χ3n) is 3.73. The van der Waals surface area contributed by atoms with Gasteiger partial charge in [-0.15, -0.1) is 0 Å². The molecule has 0 unspecified atom stereocenters. The van der Waals surface area contributed by atoms with Crippen molar-refractivity contribution in [2.24, 2.45) is 0 Å². The minimum atomic E-state index is 0.735. The number of halogens is 2. The molecule has 0 fully saturated rings. The van der Waals surface area contributed by atoms with Crippen LogP contribution < -0.4 is 0 Å². The molecule has 106 valence electrons. The molecule has 1 aliphatic carbocycles. The molecule has 0 atom stereocenters. The predicted octanol–water partition coefficient (Wildman–Crippen LogP) is 6.48.